The molecule has 7 heteroatoms. The summed E-state index contributed by atoms with van der Waals surface area (Å²) in [7, 11) is 2.89. The third kappa shape index (κ3) is 4.30. The van der Waals surface area contributed by atoms with Crippen LogP contribution >= 0.6 is 22.9 Å². The van der Waals surface area contributed by atoms with Gasteiger partial charge in [-0.1, -0.05) is 60.1 Å². The second-order valence-electron chi connectivity index (χ2n) is 5.81. The molecule has 0 fully saturated rings. The number of halogens is 1. The van der Waals surface area contributed by atoms with Crippen molar-refractivity contribution < 1.29 is 14.3 Å². The van der Waals surface area contributed by atoms with Gasteiger partial charge in [-0.3, -0.25) is 9.69 Å². The molecule has 0 saturated heterocycles. The molecule has 0 aliphatic carbocycles. The van der Waals surface area contributed by atoms with Crippen LogP contribution in [0.1, 0.15) is 5.56 Å². The SMILES string of the molecule is COC(=O)C=C(C(=O)N(C)c1nc(-c2ccccc2Cl)cs1)c1ccccc1. The predicted molar refractivity (Wildman–Crippen MR) is 112 cm³/mol. The lowest BCUT2D eigenvalue weighted by molar-refractivity contribution is -0.135. The Morgan fingerprint density at radius 3 is 2.46 bits per heavy atom. The number of carbonyl (C=O) groups is 2. The predicted octanol–water partition coefficient (Wildman–Crippen LogP) is 4.68. The number of hydrogen-bond acceptors (Lipinski definition) is 5. The number of hydrogen-bond donors (Lipinski definition) is 0. The van der Waals surface area contributed by atoms with Gasteiger partial charge in [0, 0.05) is 29.1 Å². The Kier molecular flexibility index (Phi) is 6.23. The van der Waals surface area contributed by atoms with Crippen molar-refractivity contribution in [1.29, 1.82) is 0 Å². The number of methoxy groups -OCH3 is 1. The highest BCUT2D eigenvalue weighted by molar-refractivity contribution is 7.14. The fraction of sp³-hybridized carbons (Fsp3) is 0.0952. The average Bonchev–Trinajstić information content (AvgIpc) is 3.21. The van der Waals surface area contributed by atoms with Crippen LogP contribution in [0.4, 0.5) is 5.13 Å². The Balaban J connectivity index is 1.93. The minimum Gasteiger partial charge on any atom is -0.466 e. The second-order valence-corrected chi connectivity index (χ2v) is 7.05. The lowest BCUT2D eigenvalue weighted by Crippen LogP contribution is -2.27. The summed E-state index contributed by atoms with van der Waals surface area (Å²) in [5.74, 6) is -0.965. The molecule has 142 valence electrons. The first-order chi connectivity index (χ1) is 13.5. The van der Waals surface area contributed by atoms with Crippen molar-refractivity contribution in [2.45, 2.75) is 0 Å². The van der Waals surface area contributed by atoms with E-state index in [1.807, 2.05) is 29.6 Å². The summed E-state index contributed by atoms with van der Waals surface area (Å²) < 4.78 is 4.70. The van der Waals surface area contributed by atoms with Gasteiger partial charge in [-0.2, -0.15) is 0 Å². The normalized spacial score (nSPS) is 11.2. The number of aromatic nitrogens is 1. The summed E-state index contributed by atoms with van der Waals surface area (Å²) >= 11 is 7.56. The van der Waals surface area contributed by atoms with Gasteiger partial charge in [0.1, 0.15) is 0 Å². The van der Waals surface area contributed by atoms with Gasteiger partial charge in [0.05, 0.1) is 18.4 Å². The number of esters is 1. The van der Waals surface area contributed by atoms with Crippen LogP contribution in [0, 0.1) is 0 Å². The van der Waals surface area contributed by atoms with E-state index in [1.165, 1.54) is 29.4 Å². The monoisotopic (exact) mass is 412 g/mol. The Morgan fingerprint density at radius 2 is 1.79 bits per heavy atom. The average molecular weight is 413 g/mol. The molecular formula is C21H17ClN2O3S. The summed E-state index contributed by atoms with van der Waals surface area (Å²) in [5, 5.41) is 2.92. The second kappa shape index (κ2) is 8.82. The molecule has 0 saturated carbocycles. The Hall–Kier alpha value is -2.96. The maximum Gasteiger partial charge on any atom is 0.331 e. The number of likely N-dealkylation sites (N-methyl/N-ethyl adjacent to an activating group) is 1. The van der Waals surface area contributed by atoms with Crippen molar-refractivity contribution in [3.63, 3.8) is 0 Å². The molecule has 0 unspecified atom stereocenters. The van der Waals surface area contributed by atoms with Crippen LogP contribution in [-0.2, 0) is 14.3 Å². The van der Waals surface area contributed by atoms with Gasteiger partial charge in [-0.15, -0.1) is 11.3 Å². The minimum atomic E-state index is -0.600. The molecule has 5 nitrogen and oxygen atoms in total. The zero-order chi connectivity index (χ0) is 20.1. The molecule has 1 amide bonds. The highest BCUT2D eigenvalue weighted by Crippen LogP contribution is 2.32. The van der Waals surface area contributed by atoms with Crippen LogP contribution in [0.2, 0.25) is 5.02 Å². The maximum absolute atomic E-state index is 13.1. The van der Waals surface area contributed by atoms with E-state index in [-0.39, 0.29) is 11.5 Å². The van der Waals surface area contributed by atoms with E-state index in [0.717, 1.165) is 5.56 Å². The smallest absolute Gasteiger partial charge is 0.331 e. The summed E-state index contributed by atoms with van der Waals surface area (Å²) in [6.07, 6.45) is 1.19. The number of carbonyl (C=O) groups excluding carboxylic acids is 2. The van der Waals surface area contributed by atoms with Crippen LogP contribution < -0.4 is 4.90 Å². The molecule has 3 aromatic rings. The summed E-state index contributed by atoms with van der Waals surface area (Å²) in [6, 6.07) is 16.3. The van der Waals surface area contributed by atoms with Crippen LogP contribution in [0.3, 0.4) is 0 Å². The van der Waals surface area contributed by atoms with Crippen molar-refractivity contribution in [2.24, 2.45) is 0 Å². The van der Waals surface area contributed by atoms with E-state index in [4.69, 9.17) is 16.3 Å². The number of thiazole rings is 1. The number of nitrogens with zero attached hydrogens (tertiary/aromatic N) is 2. The molecule has 0 N–H and O–H groups in total. The number of ether oxygens (including phenoxy) is 1. The zero-order valence-corrected chi connectivity index (χ0v) is 16.8. The van der Waals surface area contributed by atoms with Crippen molar-refractivity contribution in [3.05, 3.63) is 76.6 Å². The van der Waals surface area contributed by atoms with Crippen molar-refractivity contribution in [3.8, 4) is 11.3 Å². The lowest BCUT2D eigenvalue weighted by atomic mass is 10.0. The first kappa shape index (κ1) is 19.8. The Morgan fingerprint density at radius 1 is 1.11 bits per heavy atom. The van der Waals surface area contributed by atoms with Gasteiger partial charge in [0.15, 0.2) is 5.13 Å². The van der Waals surface area contributed by atoms with Gasteiger partial charge in [-0.25, -0.2) is 9.78 Å². The summed E-state index contributed by atoms with van der Waals surface area (Å²) in [5.41, 5.74) is 2.32. The van der Waals surface area contributed by atoms with Gasteiger partial charge >= 0.3 is 5.97 Å². The summed E-state index contributed by atoms with van der Waals surface area (Å²) in [4.78, 5) is 30.8. The summed E-state index contributed by atoms with van der Waals surface area (Å²) in [6.45, 7) is 0. The third-order valence-electron chi connectivity index (χ3n) is 4.01. The molecule has 1 aromatic heterocycles. The Bertz CT molecular complexity index is 1030. The van der Waals surface area contributed by atoms with Gasteiger partial charge in [0.2, 0.25) is 0 Å². The van der Waals surface area contributed by atoms with E-state index in [2.05, 4.69) is 4.98 Å². The number of anilines is 1. The highest BCUT2D eigenvalue weighted by atomic mass is 35.5. The third-order valence-corrected chi connectivity index (χ3v) is 5.26. The molecular weight excluding hydrogens is 396 g/mol. The fourth-order valence-corrected chi connectivity index (χ4v) is 3.56. The van der Waals surface area contributed by atoms with E-state index in [1.54, 1.807) is 37.4 Å². The molecule has 28 heavy (non-hydrogen) atoms. The Labute approximate surface area is 171 Å². The minimum absolute atomic E-state index is 0.226. The standard InChI is InChI=1S/C21H17ClN2O3S/c1-24(21-23-18(13-28-21)15-10-6-7-11-17(15)22)20(26)16(12-19(25)27-2)14-8-4-3-5-9-14/h3-13H,1-2H3. The molecule has 0 aliphatic rings. The molecule has 0 aliphatic heterocycles. The quantitative estimate of drug-likeness (QED) is 0.451. The highest BCUT2D eigenvalue weighted by Gasteiger charge is 2.22. The van der Waals surface area contributed by atoms with E-state index in [0.29, 0.717) is 21.4 Å². The van der Waals surface area contributed by atoms with Crippen molar-refractivity contribution in [1.82, 2.24) is 4.98 Å². The van der Waals surface area contributed by atoms with Crippen LogP contribution in [0.5, 0.6) is 0 Å². The van der Waals surface area contributed by atoms with Crippen LogP contribution in [0.25, 0.3) is 16.8 Å². The zero-order valence-electron chi connectivity index (χ0n) is 15.3. The number of rotatable bonds is 5. The lowest BCUT2D eigenvalue weighted by Gasteiger charge is -2.16. The molecule has 3 rings (SSSR count). The number of benzene rings is 2. The molecule has 0 radical (unpaired) electrons. The largest absolute Gasteiger partial charge is 0.466 e. The van der Waals surface area contributed by atoms with Gasteiger partial charge in [-0.05, 0) is 11.6 Å². The first-order valence-electron chi connectivity index (χ1n) is 8.35. The molecule has 0 spiro atoms. The molecule has 2 aromatic carbocycles. The van der Waals surface area contributed by atoms with Crippen LogP contribution in [0.15, 0.2) is 66.1 Å². The number of amides is 1. The molecule has 1 heterocycles. The van der Waals surface area contributed by atoms with Gasteiger partial charge < -0.3 is 4.74 Å². The van der Waals surface area contributed by atoms with Gasteiger partial charge in [0.25, 0.3) is 5.91 Å². The van der Waals surface area contributed by atoms with E-state index in [9.17, 15) is 9.59 Å². The first-order valence-corrected chi connectivity index (χ1v) is 9.60. The van der Waals surface area contributed by atoms with Crippen molar-refractivity contribution >= 4 is 45.5 Å². The topological polar surface area (TPSA) is 59.5 Å². The van der Waals surface area contributed by atoms with Crippen molar-refractivity contribution in [2.75, 3.05) is 19.1 Å². The molecule has 0 bridgehead atoms. The fourth-order valence-electron chi connectivity index (χ4n) is 2.54. The molecule has 0 atom stereocenters. The van der Waals surface area contributed by atoms with E-state index < -0.39 is 5.97 Å². The maximum atomic E-state index is 13.1. The van der Waals surface area contributed by atoms with Crippen LogP contribution in [-0.4, -0.2) is 31.0 Å². The van der Waals surface area contributed by atoms with E-state index >= 15 is 0 Å².